The van der Waals surface area contributed by atoms with Gasteiger partial charge in [0.25, 0.3) is 11.8 Å². The molecule has 0 saturated carbocycles. The quantitative estimate of drug-likeness (QED) is 0.230. The molecule has 2 amide bonds. The van der Waals surface area contributed by atoms with Gasteiger partial charge in [-0.25, -0.2) is 0 Å². The fourth-order valence-corrected chi connectivity index (χ4v) is 3.79. The van der Waals surface area contributed by atoms with Gasteiger partial charge >= 0.3 is 0 Å². The molecule has 8 heteroatoms. The molecule has 176 valence electrons. The number of unbranched alkanes of at least 4 members (excludes halogenated alkanes) is 1. The fraction of sp³-hybridized carbons (Fsp3) is 0.192. The lowest BCUT2D eigenvalue weighted by Crippen LogP contribution is -2.34. The number of anilines is 2. The molecule has 0 aliphatic carbocycles. The summed E-state index contributed by atoms with van der Waals surface area (Å²) in [5.41, 5.74) is 3.28. The van der Waals surface area contributed by atoms with Crippen LogP contribution in [0.4, 0.5) is 11.4 Å². The summed E-state index contributed by atoms with van der Waals surface area (Å²) in [6.45, 7) is 4.61. The van der Waals surface area contributed by atoms with Crippen LogP contribution in [0, 0.1) is 6.92 Å². The van der Waals surface area contributed by atoms with E-state index in [1.165, 1.54) is 0 Å². The van der Waals surface area contributed by atoms with E-state index in [1.54, 1.807) is 42.5 Å². The van der Waals surface area contributed by atoms with Gasteiger partial charge in [0.1, 0.15) is 5.75 Å². The highest BCUT2D eigenvalue weighted by molar-refractivity contribution is 9.10. The molecular weight excluding hydrogens is 514 g/mol. The summed E-state index contributed by atoms with van der Waals surface area (Å²) >= 11 is 8.75. The number of ether oxygens (including phenoxy) is 1. The van der Waals surface area contributed by atoms with Gasteiger partial charge < -0.3 is 15.4 Å². The topological polar surface area (TPSA) is 79.5 Å². The van der Waals surface area contributed by atoms with Crippen LogP contribution < -0.4 is 20.7 Å². The minimum absolute atomic E-state index is 0.171. The standard InChI is InChI=1S/C26H26BrN3O3S/c1-3-4-14-33-23-13-10-19(16-21(23)27)25(32)30-26(34)28-20-11-12-22(17(2)15-20)29-24(31)18-8-6-5-7-9-18/h5-13,15-16H,3-4,14H2,1-2H3,(H,29,31)(H2,28,30,32,34). The number of carbonyl (C=O) groups is 2. The lowest BCUT2D eigenvalue weighted by Gasteiger charge is -2.13. The average Bonchev–Trinajstić information content (AvgIpc) is 2.82. The lowest BCUT2D eigenvalue weighted by molar-refractivity contribution is 0.0976. The Morgan fingerprint density at radius 2 is 1.71 bits per heavy atom. The predicted octanol–water partition coefficient (Wildman–Crippen LogP) is 6.32. The Morgan fingerprint density at radius 1 is 0.941 bits per heavy atom. The first-order valence-electron chi connectivity index (χ1n) is 10.9. The van der Waals surface area contributed by atoms with E-state index >= 15 is 0 Å². The summed E-state index contributed by atoms with van der Waals surface area (Å²) in [5, 5.41) is 8.76. The van der Waals surface area contributed by atoms with Crippen LogP contribution in [0.5, 0.6) is 5.75 Å². The van der Waals surface area contributed by atoms with Gasteiger partial charge in [0.05, 0.1) is 11.1 Å². The number of hydrogen-bond acceptors (Lipinski definition) is 4. The second-order valence-electron chi connectivity index (χ2n) is 7.61. The monoisotopic (exact) mass is 539 g/mol. The molecule has 0 saturated heterocycles. The number of nitrogens with one attached hydrogen (secondary N) is 3. The zero-order valence-corrected chi connectivity index (χ0v) is 21.4. The van der Waals surface area contributed by atoms with Crippen molar-refractivity contribution in [2.24, 2.45) is 0 Å². The summed E-state index contributed by atoms with van der Waals surface area (Å²) in [6, 6.07) is 19.6. The third kappa shape index (κ3) is 7.13. The van der Waals surface area contributed by atoms with Gasteiger partial charge in [0, 0.05) is 22.5 Å². The van der Waals surface area contributed by atoms with Gasteiger partial charge in [0.2, 0.25) is 0 Å². The minimum Gasteiger partial charge on any atom is -0.492 e. The zero-order chi connectivity index (χ0) is 24.5. The molecule has 34 heavy (non-hydrogen) atoms. The van der Waals surface area contributed by atoms with Crippen LogP contribution in [0.3, 0.4) is 0 Å². The van der Waals surface area contributed by atoms with Gasteiger partial charge in [-0.1, -0.05) is 31.5 Å². The predicted molar refractivity (Wildman–Crippen MR) is 144 cm³/mol. The van der Waals surface area contributed by atoms with E-state index in [0.29, 0.717) is 39.3 Å². The number of rotatable bonds is 8. The first kappa shape index (κ1) is 25.4. The van der Waals surface area contributed by atoms with Gasteiger partial charge in [-0.3, -0.25) is 14.9 Å². The molecule has 0 radical (unpaired) electrons. The number of halogens is 1. The van der Waals surface area contributed by atoms with Gasteiger partial charge in [-0.15, -0.1) is 0 Å². The van der Waals surface area contributed by atoms with E-state index in [9.17, 15) is 9.59 Å². The van der Waals surface area contributed by atoms with Gasteiger partial charge in [-0.05, 0) is 95.6 Å². The first-order valence-corrected chi connectivity index (χ1v) is 12.1. The van der Waals surface area contributed by atoms with E-state index in [4.69, 9.17) is 17.0 Å². The maximum Gasteiger partial charge on any atom is 0.257 e. The molecule has 0 aliphatic heterocycles. The van der Waals surface area contributed by atoms with Crippen molar-refractivity contribution in [3.8, 4) is 5.75 Å². The number of carbonyl (C=O) groups excluding carboxylic acids is 2. The van der Waals surface area contributed by atoms with Crippen molar-refractivity contribution in [2.45, 2.75) is 26.7 Å². The summed E-state index contributed by atoms with van der Waals surface area (Å²) < 4.78 is 6.41. The lowest BCUT2D eigenvalue weighted by atomic mass is 10.1. The van der Waals surface area contributed by atoms with Crippen LogP contribution in [-0.4, -0.2) is 23.5 Å². The molecular formula is C26H26BrN3O3S. The highest BCUT2D eigenvalue weighted by Gasteiger charge is 2.12. The summed E-state index contributed by atoms with van der Waals surface area (Å²) in [5.74, 6) is 0.183. The molecule has 3 N–H and O–H groups in total. The van der Waals surface area contributed by atoms with E-state index < -0.39 is 0 Å². The van der Waals surface area contributed by atoms with Crippen molar-refractivity contribution < 1.29 is 14.3 Å². The Bertz CT molecular complexity index is 1190. The van der Waals surface area contributed by atoms with Gasteiger partial charge in [-0.2, -0.15) is 0 Å². The maximum atomic E-state index is 12.6. The van der Waals surface area contributed by atoms with Crippen LogP contribution >= 0.6 is 28.1 Å². The minimum atomic E-state index is -0.332. The maximum absolute atomic E-state index is 12.6. The molecule has 0 spiro atoms. The molecule has 0 atom stereocenters. The summed E-state index contributed by atoms with van der Waals surface area (Å²) in [6.07, 6.45) is 2.02. The SMILES string of the molecule is CCCCOc1ccc(C(=O)NC(=S)Nc2ccc(NC(=O)c3ccccc3)c(C)c2)cc1Br. The second kappa shape index (κ2) is 12.3. The average molecular weight is 540 g/mol. The smallest absolute Gasteiger partial charge is 0.257 e. The van der Waals surface area contributed by atoms with Crippen LogP contribution in [-0.2, 0) is 0 Å². The number of aryl methyl sites for hydroxylation is 1. The van der Waals surface area contributed by atoms with Crippen molar-refractivity contribution in [3.63, 3.8) is 0 Å². The molecule has 0 heterocycles. The number of hydrogen-bond donors (Lipinski definition) is 3. The number of amides is 2. The van der Waals surface area contributed by atoms with Crippen LogP contribution in [0.25, 0.3) is 0 Å². The van der Waals surface area contributed by atoms with Crippen LogP contribution in [0.2, 0.25) is 0 Å². The fourth-order valence-electron chi connectivity index (χ4n) is 3.09. The number of thiocarbonyl (C=S) groups is 1. The third-order valence-corrected chi connectivity index (χ3v) is 5.77. The molecule has 0 unspecified atom stereocenters. The van der Waals surface area contributed by atoms with Crippen molar-refractivity contribution in [2.75, 3.05) is 17.2 Å². The molecule has 3 rings (SSSR count). The van der Waals surface area contributed by atoms with Gasteiger partial charge in [0.15, 0.2) is 5.11 Å². The Kier molecular flexibility index (Phi) is 9.18. The molecule has 6 nitrogen and oxygen atoms in total. The van der Waals surface area contributed by atoms with E-state index in [0.717, 1.165) is 18.4 Å². The molecule has 0 aliphatic rings. The Balaban J connectivity index is 1.57. The Hall–Kier alpha value is -3.23. The first-order chi connectivity index (χ1) is 16.4. The van der Waals surface area contributed by atoms with E-state index in [2.05, 4.69) is 38.8 Å². The highest BCUT2D eigenvalue weighted by Crippen LogP contribution is 2.26. The van der Waals surface area contributed by atoms with Crippen LogP contribution in [0.1, 0.15) is 46.0 Å². The summed E-state index contributed by atoms with van der Waals surface area (Å²) in [4.78, 5) is 25.0. The largest absolute Gasteiger partial charge is 0.492 e. The molecule has 0 bridgehead atoms. The number of benzene rings is 3. The van der Waals surface area contributed by atoms with Crippen molar-refractivity contribution in [1.82, 2.24) is 5.32 Å². The molecule has 3 aromatic rings. The molecule has 3 aromatic carbocycles. The van der Waals surface area contributed by atoms with Crippen LogP contribution in [0.15, 0.2) is 71.2 Å². The molecule has 0 fully saturated rings. The zero-order valence-electron chi connectivity index (χ0n) is 19.0. The van der Waals surface area contributed by atoms with E-state index in [1.807, 2.05) is 31.2 Å². The third-order valence-electron chi connectivity index (χ3n) is 4.95. The van der Waals surface area contributed by atoms with E-state index in [-0.39, 0.29) is 16.9 Å². The van der Waals surface area contributed by atoms with Crippen molar-refractivity contribution in [3.05, 3.63) is 87.9 Å². The van der Waals surface area contributed by atoms with Crippen molar-refractivity contribution >= 4 is 56.4 Å². The Morgan fingerprint density at radius 3 is 2.38 bits per heavy atom. The Labute approximate surface area is 213 Å². The normalized spacial score (nSPS) is 10.3. The molecule has 0 aromatic heterocycles. The summed E-state index contributed by atoms with van der Waals surface area (Å²) in [7, 11) is 0. The van der Waals surface area contributed by atoms with Crippen molar-refractivity contribution in [1.29, 1.82) is 0 Å². The highest BCUT2D eigenvalue weighted by atomic mass is 79.9. The second-order valence-corrected chi connectivity index (χ2v) is 8.87.